The van der Waals surface area contributed by atoms with Gasteiger partial charge in [0, 0.05) is 22.6 Å². The van der Waals surface area contributed by atoms with E-state index in [9.17, 15) is 14.7 Å². The molecule has 1 amide bonds. The molecule has 0 bridgehead atoms. The average molecular weight is 460 g/mol. The third-order valence-electron chi connectivity index (χ3n) is 5.46. The second-order valence-corrected chi connectivity index (χ2v) is 9.83. The molecule has 1 aliphatic heterocycles. The number of hydrogen-bond acceptors (Lipinski definition) is 6. The fourth-order valence-electron chi connectivity index (χ4n) is 3.97. The number of amides is 1. The topological polar surface area (TPSA) is 70.8 Å². The van der Waals surface area contributed by atoms with Crippen LogP contribution >= 0.6 is 35.7 Å². The summed E-state index contributed by atoms with van der Waals surface area (Å²) in [6, 6.07) is 11.6. The zero-order valence-corrected chi connectivity index (χ0v) is 18.8. The first-order chi connectivity index (χ1) is 14.5. The van der Waals surface area contributed by atoms with Crippen molar-refractivity contribution in [2.24, 2.45) is 5.92 Å². The number of carbonyl (C=O) groups is 2. The van der Waals surface area contributed by atoms with Crippen LogP contribution in [0.2, 0.25) is 0 Å². The highest BCUT2D eigenvalue weighted by molar-refractivity contribution is 8.26. The van der Waals surface area contributed by atoms with E-state index in [4.69, 9.17) is 16.6 Å². The van der Waals surface area contributed by atoms with Crippen LogP contribution in [-0.2, 0) is 9.59 Å². The Morgan fingerprint density at radius 2 is 2.10 bits per heavy atom. The summed E-state index contributed by atoms with van der Waals surface area (Å²) in [5.41, 5.74) is 1.01. The Bertz CT molecular complexity index is 1030. The van der Waals surface area contributed by atoms with Crippen molar-refractivity contribution in [3.8, 4) is 11.3 Å². The van der Waals surface area contributed by atoms with Crippen LogP contribution in [0.4, 0.5) is 0 Å². The van der Waals surface area contributed by atoms with Crippen LogP contribution in [-0.4, -0.2) is 38.5 Å². The number of thiocarbonyl (C=S) groups is 1. The van der Waals surface area contributed by atoms with Crippen LogP contribution in [0.25, 0.3) is 17.4 Å². The molecule has 0 radical (unpaired) electrons. The Kier molecular flexibility index (Phi) is 6.36. The van der Waals surface area contributed by atoms with Gasteiger partial charge in [-0.05, 0) is 43.7 Å². The van der Waals surface area contributed by atoms with E-state index in [1.807, 2.05) is 42.7 Å². The molecule has 1 saturated heterocycles. The van der Waals surface area contributed by atoms with E-state index in [-0.39, 0.29) is 11.9 Å². The fraction of sp³-hybridized carbons (Fsp3) is 0.318. The van der Waals surface area contributed by atoms with E-state index in [0.29, 0.717) is 27.8 Å². The van der Waals surface area contributed by atoms with Crippen LogP contribution in [0, 0.1) is 5.92 Å². The summed E-state index contributed by atoms with van der Waals surface area (Å²) in [5, 5.41) is 9.34. The first-order valence-corrected chi connectivity index (χ1v) is 12.2. The number of carboxylic acids is 1. The number of carbonyl (C=O) groups excluding carboxylic acids is 1. The monoisotopic (exact) mass is 459 g/mol. The Morgan fingerprint density at radius 1 is 1.30 bits per heavy atom. The number of rotatable bonds is 5. The number of carboxylic acid groups (broad SMARTS) is 1. The quantitative estimate of drug-likeness (QED) is 0.359. The molecule has 2 aromatic rings. The van der Waals surface area contributed by atoms with E-state index < -0.39 is 11.9 Å². The van der Waals surface area contributed by atoms with Crippen LogP contribution < -0.4 is 0 Å². The number of thioether (sulfide) groups is 2. The molecule has 1 aromatic carbocycles. The molecule has 2 fully saturated rings. The Balaban J connectivity index is 1.54. The molecule has 5 nitrogen and oxygen atoms in total. The molecule has 2 aliphatic rings. The maximum atomic E-state index is 13.0. The van der Waals surface area contributed by atoms with Crippen molar-refractivity contribution >= 4 is 58.0 Å². The van der Waals surface area contributed by atoms with Crippen molar-refractivity contribution < 1.29 is 19.1 Å². The van der Waals surface area contributed by atoms with Gasteiger partial charge in [-0.25, -0.2) is 0 Å². The molecule has 8 heteroatoms. The fourth-order valence-corrected chi connectivity index (χ4v) is 5.95. The highest BCUT2D eigenvalue weighted by Gasteiger charge is 2.40. The minimum absolute atomic E-state index is 0.154. The molecule has 1 N–H and O–H groups in total. The number of furan rings is 1. The average Bonchev–Trinajstić information content (AvgIpc) is 3.32. The molecular formula is C22H21NO4S3. The van der Waals surface area contributed by atoms with Gasteiger partial charge in [-0.2, -0.15) is 0 Å². The molecule has 2 unspecified atom stereocenters. The van der Waals surface area contributed by atoms with Crippen molar-refractivity contribution in [2.45, 2.75) is 36.6 Å². The summed E-state index contributed by atoms with van der Waals surface area (Å²) >= 11 is 8.36. The summed E-state index contributed by atoms with van der Waals surface area (Å²) in [6.45, 7) is 0. The van der Waals surface area contributed by atoms with E-state index >= 15 is 0 Å². The molecule has 2 heterocycles. The molecular weight excluding hydrogens is 438 g/mol. The van der Waals surface area contributed by atoms with Gasteiger partial charge >= 0.3 is 5.97 Å². The van der Waals surface area contributed by atoms with Gasteiger partial charge in [0.2, 0.25) is 0 Å². The van der Waals surface area contributed by atoms with Gasteiger partial charge in [0.25, 0.3) is 5.91 Å². The Labute approximate surface area is 188 Å². The minimum Gasteiger partial charge on any atom is -0.481 e. The zero-order valence-electron chi connectivity index (χ0n) is 16.4. The predicted molar refractivity (Wildman–Crippen MR) is 124 cm³/mol. The molecule has 0 spiro atoms. The number of benzene rings is 1. The van der Waals surface area contributed by atoms with Crippen LogP contribution in [0.15, 0.2) is 50.6 Å². The first kappa shape index (κ1) is 21.2. The smallest absolute Gasteiger partial charge is 0.306 e. The van der Waals surface area contributed by atoms with Crippen LogP contribution in [0.3, 0.4) is 0 Å². The van der Waals surface area contributed by atoms with E-state index in [0.717, 1.165) is 29.1 Å². The third kappa shape index (κ3) is 4.22. The highest BCUT2D eigenvalue weighted by Crippen LogP contribution is 2.39. The second kappa shape index (κ2) is 8.99. The van der Waals surface area contributed by atoms with Crippen molar-refractivity contribution in [1.82, 2.24) is 4.90 Å². The van der Waals surface area contributed by atoms with E-state index in [1.54, 1.807) is 22.7 Å². The summed E-state index contributed by atoms with van der Waals surface area (Å²) in [5.74, 6) is -0.0361. The van der Waals surface area contributed by atoms with Gasteiger partial charge in [0.1, 0.15) is 15.8 Å². The van der Waals surface area contributed by atoms with Gasteiger partial charge in [-0.1, -0.05) is 48.6 Å². The molecule has 30 heavy (non-hydrogen) atoms. The first-order valence-electron chi connectivity index (χ1n) is 9.71. The Hall–Kier alpha value is -2.03. The normalized spacial score (nSPS) is 23.4. The van der Waals surface area contributed by atoms with E-state index in [1.165, 1.54) is 11.8 Å². The summed E-state index contributed by atoms with van der Waals surface area (Å²) in [7, 11) is 0. The summed E-state index contributed by atoms with van der Waals surface area (Å²) < 4.78 is 6.48. The lowest BCUT2D eigenvalue weighted by Crippen LogP contribution is -2.42. The predicted octanol–water partition coefficient (Wildman–Crippen LogP) is 5.51. The standard InChI is InChI=1S/C22H21NO4S3/c1-29-18-8-3-2-7-16(18)17-10-9-15(27-17)12-19-20(24)23(22(28)30-19)14-6-4-5-13(11-14)21(25)26/h2-3,7-10,12-14H,4-6,11H2,1H3,(H,25,26). The maximum absolute atomic E-state index is 13.0. The minimum atomic E-state index is -0.797. The highest BCUT2D eigenvalue weighted by atomic mass is 32.2. The van der Waals surface area contributed by atoms with Gasteiger partial charge < -0.3 is 9.52 Å². The lowest BCUT2D eigenvalue weighted by atomic mass is 9.85. The Morgan fingerprint density at radius 3 is 2.87 bits per heavy atom. The molecule has 156 valence electrons. The largest absolute Gasteiger partial charge is 0.481 e. The van der Waals surface area contributed by atoms with E-state index in [2.05, 4.69) is 0 Å². The molecule has 1 aromatic heterocycles. The molecule has 1 saturated carbocycles. The van der Waals surface area contributed by atoms with Crippen LogP contribution in [0.1, 0.15) is 31.4 Å². The summed E-state index contributed by atoms with van der Waals surface area (Å²) in [4.78, 5) is 27.6. The lowest BCUT2D eigenvalue weighted by Gasteiger charge is -2.32. The van der Waals surface area contributed by atoms with Gasteiger partial charge in [0.15, 0.2) is 0 Å². The third-order valence-corrected chi connectivity index (χ3v) is 7.58. The molecule has 1 aliphatic carbocycles. The van der Waals surface area contributed by atoms with Gasteiger partial charge in [-0.15, -0.1) is 11.8 Å². The number of hydrogen-bond donors (Lipinski definition) is 1. The van der Waals surface area contributed by atoms with Crippen molar-refractivity contribution in [3.05, 3.63) is 47.1 Å². The van der Waals surface area contributed by atoms with Crippen molar-refractivity contribution in [1.29, 1.82) is 0 Å². The van der Waals surface area contributed by atoms with Crippen LogP contribution in [0.5, 0.6) is 0 Å². The SMILES string of the molecule is CSc1ccccc1-c1ccc(C=C2SC(=S)N(C3CCCC(C(=O)O)C3)C2=O)o1. The zero-order chi connectivity index (χ0) is 21.3. The number of nitrogens with zero attached hydrogens (tertiary/aromatic N) is 1. The number of aliphatic carboxylic acids is 1. The maximum Gasteiger partial charge on any atom is 0.306 e. The van der Waals surface area contributed by atoms with Crippen molar-refractivity contribution in [3.63, 3.8) is 0 Å². The molecule has 2 atom stereocenters. The lowest BCUT2D eigenvalue weighted by molar-refractivity contribution is -0.144. The van der Waals surface area contributed by atoms with Crippen molar-refractivity contribution in [2.75, 3.05) is 6.26 Å². The second-order valence-electron chi connectivity index (χ2n) is 7.31. The molecule has 4 rings (SSSR count). The van der Waals surface area contributed by atoms with Gasteiger partial charge in [0.05, 0.1) is 10.8 Å². The summed E-state index contributed by atoms with van der Waals surface area (Å²) in [6.07, 6.45) is 6.42. The van der Waals surface area contributed by atoms with Gasteiger partial charge in [-0.3, -0.25) is 14.5 Å².